The third-order valence-corrected chi connectivity index (χ3v) is 6.10. The van der Waals surface area contributed by atoms with E-state index in [0.717, 1.165) is 22.3 Å². The van der Waals surface area contributed by atoms with E-state index in [1.165, 1.54) is 7.11 Å². The first-order valence-corrected chi connectivity index (χ1v) is 11.1. The van der Waals surface area contributed by atoms with Gasteiger partial charge in [0.2, 0.25) is 0 Å². The molecule has 0 radical (unpaired) electrons. The van der Waals surface area contributed by atoms with Gasteiger partial charge in [0.1, 0.15) is 18.8 Å². The summed E-state index contributed by atoms with van der Waals surface area (Å²) in [6.07, 6.45) is -3.30. The van der Waals surface area contributed by atoms with E-state index in [1.807, 2.05) is 36.4 Å². The monoisotopic (exact) mass is 461 g/mol. The first-order chi connectivity index (χ1) is 16.5. The van der Waals surface area contributed by atoms with Gasteiger partial charge < -0.3 is 25.0 Å². The maximum atomic E-state index is 12.4. The average molecular weight is 462 g/mol. The molecule has 176 valence electrons. The van der Waals surface area contributed by atoms with Crippen LogP contribution in [0.5, 0.6) is 0 Å². The van der Waals surface area contributed by atoms with Gasteiger partial charge in [-0.3, -0.25) is 4.79 Å². The number of methoxy groups -OCH3 is 1. The van der Waals surface area contributed by atoms with Crippen molar-refractivity contribution in [3.05, 3.63) is 95.1 Å². The highest BCUT2D eigenvalue weighted by atomic mass is 16.5. The Kier molecular flexibility index (Phi) is 7.25. The molecule has 1 amide bonds. The van der Waals surface area contributed by atoms with Gasteiger partial charge in [-0.1, -0.05) is 72.8 Å². The number of carbonyl (C=O) groups excluding carboxylic acids is 2. The third kappa shape index (κ3) is 4.95. The summed E-state index contributed by atoms with van der Waals surface area (Å²) < 4.78 is 10.1. The van der Waals surface area contributed by atoms with E-state index in [4.69, 9.17) is 4.74 Å². The highest BCUT2D eigenvalue weighted by Crippen LogP contribution is 2.44. The first-order valence-electron chi connectivity index (χ1n) is 11.1. The Morgan fingerprint density at radius 2 is 1.50 bits per heavy atom. The number of rotatable bonds is 8. The van der Waals surface area contributed by atoms with Crippen molar-refractivity contribution >= 4 is 12.1 Å². The van der Waals surface area contributed by atoms with Crippen LogP contribution in [0.1, 0.15) is 34.3 Å². The summed E-state index contributed by atoms with van der Waals surface area (Å²) in [5.74, 6) is -0.523. The van der Waals surface area contributed by atoms with Crippen LogP contribution in [0, 0.1) is 0 Å². The van der Waals surface area contributed by atoms with E-state index in [-0.39, 0.29) is 25.5 Å². The number of nitrogens with one attached hydrogen (secondary N) is 1. The summed E-state index contributed by atoms with van der Waals surface area (Å²) in [5, 5.41) is 23.5. The Bertz CT molecular complexity index is 1130. The molecule has 2 atom stereocenters. The van der Waals surface area contributed by atoms with Crippen LogP contribution in [0.4, 0.5) is 4.79 Å². The van der Waals surface area contributed by atoms with Crippen LogP contribution in [0.2, 0.25) is 0 Å². The molecular formula is C27H27NO6. The van der Waals surface area contributed by atoms with Crippen molar-refractivity contribution in [2.45, 2.75) is 24.5 Å². The number of hydrogen-bond donors (Lipinski definition) is 3. The molecule has 2 unspecified atom stereocenters. The second-order valence-electron chi connectivity index (χ2n) is 8.17. The van der Waals surface area contributed by atoms with Gasteiger partial charge in [-0.15, -0.1) is 0 Å². The number of esters is 1. The molecule has 3 N–H and O–H groups in total. The topological polar surface area (TPSA) is 105 Å². The number of fused-ring (bicyclic) bond motifs is 3. The van der Waals surface area contributed by atoms with Crippen molar-refractivity contribution in [3.63, 3.8) is 0 Å². The molecular weight excluding hydrogens is 434 g/mol. The molecule has 3 aromatic carbocycles. The summed E-state index contributed by atoms with van der Waals surface area (Å²) >= 11 is 0. The SMILES string of the molecule is COC(=O)Cc1ccccc1C(O)C(O)CNC(=O)OCC1c2ccccc2-c2ccccc21. The standard InChI is InChI=1S/C27H27NO6/c1-33-25(30)14-17-8-2-3-9-18(17)26(31)24(29)15-28-27(32)34-16-23-21-12-6-4-10-19(21)20-11-5-7-13-22(20)23/h2-13,23-24,26,29,31H,14-16H2,1H3,(H,28,32). The van der Waals surface area contributed by atoms with Crippen LogP contribution < -0.4 is 5.32 Å². The van der Waals surface area contributed by atoms with E-state index in [9.17, 15) is 19.8 Å². The lowest BCUT2D eigenvalue weighted by Gasteiger charge is -2.21. The van der Waals surface area contributed by atoms with Gasteiger partial charge in [0.05, 0.1) is 13.5 Å². The highest BCUT2D eigenvalue weighted by molar-refractivity contribution is 5.79. The van der Waals surface area contributed by atoms with Crippen molar-refractivity contribution in [1.29, 1.82) is 0 Å². The van der Waals surface area contributed by atoms with Gasteiger partial charge in [0.15, 0.2) is 0 Å². The molecule has 0 heterocycles. The van der Waals surface area contributed by atoms with Gasteiger partial charge >= 0.3 is 12.1 Å². The largest absolute Gasteiger partial charge is 0.469 e. The normalized spacial score (nSPS) is 14.0. The zero-order valence-electron chi connectivity index (χ0n) is 18.8. The number of aliphatic hydroxyl groups excluding tert-OH is 2. The molecule has 7 nitrogen and oxygen atoms in total. The van der Waals surface area contributed by atoms with Crippen molar-refractivity contribution in [2.24, 2.45) is 0 Å². The molecule has 0 saturated heterocycles. The van der Waals surface area contributed by atoms with E-state index in [0.29, 0.717) is 11.1 Å². The van der Waals surface area contributed by atoms with Gasteiger partial charge in [-0.25, -0.2) is 4.79 Å². The van der Waals surface area contributed by atoms with Gasteiger partial charge in [0.25, 0.3) is 0 Å². The van der Waals surface area contributed by atoms with Crippen molar-refractivity contribution in [2.75, 3.05) is 20.3 Å². The molecule has 4 rings (SSSR count). The lowest BCUT2D eigenvalue weighted by atomic mass is 9.96. The molecule has 1 aliphatic carbocycles. The quantitative estimate of drug-likeness (QED) is 0.445. The molecule has 0 aromatic heterocycles. The maximum absolute atomic E-state index is 12.4. The number of amides is 1. The van der Waals surface area contributed by atoms with Crippen LogP contribution in [-0.4, -0.2) is 48.6 Å². The zero-order chi connectivity index (χ0) is 24.1. The molecule has 34 heavy (non-hydrogen) atoms. The highest BCUT2D eigenvalue weighted by Gasteiger charge is 2.29. The predicted molar refractivity (Wildman–Crippen MR) is 126 cm³/mol. The number of hydrogen-bond acceptors (Lipinski definition) is 6. The predicted octanol–water partition coefficient (Wildman–Crippen LogP) is 3.34. The van der Waals surface area contributed by atoms with E-state index < -0.39 is 24.3 Å². The van der Waals surface area contributed by atoms with E-state index >= 15 is 0 Å². The Morgan fingerprint density at radius 3 is 2.15 bits per heavy atom. The number of aliphatic hydroxyl groups is 2. The summed E-state index contributed by atoms with van der Waals surface area (Å²) in [4.78, 5) is 24.0. The number of ether oxygens (including phenoxy) is 2. The molecule has 0 spiro atoms. The number of benzene rings is 3. The van der Waals surface area contributed by atoms with E-state index in [2.05, 4.69) is 22.2 Å². The van der Waals surface area contributed by atoms with Crippen molar-refractivity contribution < 1.29 is 29.3 Å². The van der Waals surface area contributed by atoms with Crippen LogP contribution in [0.3, 0.4) is 0 Å². The molecule has 7 heteroatoms. The average Bonchev–Trinajstić information content (AvgIpc) is 3.19. The van der Waals surface area contributed by atoms with E-state index in [1.54, 1.807) is 24.3 Å². The van der Waals surface area contributed by atoms with Gasteiger partial charge in [-0.2, -0.15) is 0 Å². The molecule has 0 bridgehead atoms. The minimum Gasteiger partial charge on any atom is -0.469 e. The number of alkyl carbamates (subject to hydrolysis) is 1. The summed E-state index contributed by atoms with van der Waals surface area (Å²) in [7, 11) is 1.29. The second kappa shape index (κ2) is 10.5. The minimum absolute atomic E-state index is 0.0315. The molecule has 3 aromatic rings. The van der Waals surface area contributed by atoms with Crippen LogP contribution in [-0.2, 0) is 20.7 Å². The summed E-state index contributed by atoms with van der Waals surface area (Å²) in [6, 6.07) is 22.8. The Balaban J connectivity index is 1.34. The molecule has 0 aliphatic heterocycles. The Labute approximate surface area is 198 Å². The fraction of sp³-hybridized carbons (Fsp3) is 0.259. The van der Waals surface area contributed by atoms with Crippen LogP contribution in [0.15, 0.2) is 72.8 Å². The smallest absolute Gasteiger partial charge is 0.407 e. The lowest BCUT2D eigenvalue weighted by molar-refractivity contribution is -0.139. The zero-order valence-corrected chi connectivity index (χ0v) is 18.8. The van der Waals surface area contributed by atoms with Crippen molar-refractivity contribution in [1.82, 2.24) is 5.32 Å². The van der Waals surface area contributed by atoms with Crippen LogP contribution >= 0.6 is 0 Å². The van der Waals surface area contributed by atoms with Crippen LogP contribution in [0.25, 0.3) is 11.1 Å². The summed E-state index contributed by atoms with van der Waals surface area (Å²) in [6.45, 7) is -0.0646. The van der Waals surface area contributed by atoms with Crippen molar-refractivity contribution in [3.8, 4) is 11.1 Å². The molecule has 1 aliphatic rings. The number of carbonyl (C=O) groups is 2. The Hall–Kier alpha value is -3.68. The lowest BCUT2D eigenvalue weighted by Crippen LogP contribution is -2.36. The Morgan fingerprint density at radius 1 is 0.912 bits per heavy atom. The molecule has 0 saturated carbocycles. The third-order valence-electron chi connectivity index (χ3n) is 6.10. The second-order valence-corrected chi connectivity index (χ2v) is 8.17. The van der Waals surface area contributed by atoms with Gasteiger partial charge in [0, 0.05) is 12.5 Å². The fourth-order valence-electron chi connectivity index (χ4n) is 4.37. The maximum Gasteiger partial charge on any atom is 0.407 e. The fourth-order valence-corrected chi connectivity index (χ4v) is 4.37. The first kappa shape index (κ1) is 23.5. The van der Waals surface area contributed by atoms with Gasteiger partial charge in [-0.05, 0) is 33.4 Å². The minimum atomic E-state index is -1.30. The summed E-state index contributed by atoms with van der Waals surface area (Å²) in [5.41, 5.74) is 5.42. The molecule has 0 fully saturated rings.